The van der Waals surface area contributed by atoms with Crippen molar-refractivity contribution in [2.45, 2.75) is 31.6 Å². The number of amides is 2. The number of nitrogens with zero attached hydrogens (tertiary/aromatic N) is 3. The van der Waals surface area contributed by atoms with E-state index < -0.39 is 0 Å². The number of rotatable bonds is 9. The minimum Gasteiger partial charge on any atom is -0.342 e. The van der Waals surface area contributed by atoms with Gasteiger partial charge in [-0.15, -0.1) is 16.8 Å². The molecule has 2 N–H and O–H groups in total. The van der Waals surface area contributed by atoms with E-state index in [0.29, 0.717) is 23.1 Å². The molecule has 32 heavy (non-hydrogen) atoms. The molecule has 0 saturated heterocycles. The van der Waals surface area contributed by atoms with Crippen LogP contribution in [0.3, 0.4) is 0 Å². The van der Waals surface area contributed by atoms with E-state index in [1.165, 1.54) is 11.8 Å². The maximum atomic E-state index is 12.5. The van der Waals surface area contributed by atoms with Crippen LogP contribution in [-0.2, 0) is 11.3 Å². The van der Waals surface area contributed by atoms with Crippen LogP contribution in [0.15, 0.2) is 70.8 Å². The Morgan fingerprint density at radius 3 is 2.66 bits per heavy atom. The molecule has 0 unspecified atom stereocenters. The second-order valence-corrected chi connectivity index (χ2v) is 8.90. The molecule has 0 spiro atoms. The Labute approximate surface area is 199 Å². The fourth-order valence-corrected chi connectivity index (χ4v) is 4.01. The summed E-state index contributed by atoms with van der Waals surface area (Å²) in [4.78, 5) is 24.9. The average Bonchev–Trinajstić information content (AvgIpc) is 3.18. The van der Waals surface area contributed by atoms with E-state index in [-0.39, 0.29) is 23.6 Å². The second-order valence-electron chi connectivity index (χ2n) is 7.10. The topological polar surface area (TPSA) is 88.9 Å². The van der Waals surface area contributed by atoms with Gasteiger partial charge in [0.25, 0.3) is 5.91 Å². The second kappa shape index (κ2) is 11.1. The van der Waals surface area contributed by atoms with E-state index in [1.807, 2.05) is 54.8 Å². The van der Waals surface area contributed by atoms with Gasteiger partial charge in [-0.1, -0.05) is 52.0 Å². The maximum absolute atomic E-state index is 12.5. The molecule has 0 bridgehead atoms. The molecule has 0 aliphatic carbocycles. The first-order valence-electron chi connectivity index (χ1n) is 9.97. The molecule has 0 radical (unpaired) electrons. The summed E-state index contributed by atoms with van der Waals surface area (Å²) in [6, 6.07) is 14.3. The Balaban J connectivity index is 1.65. The molecule has 9 heteroatoms. The van der Waals surface area contributed by atoms with Crippen molar-refractivity contribution in [1.29, 1.82) is 0 Å². The van der Waals surface area contributed by atoms with Crippen LogP contribution in [0.25, 0.3) is 0 Å². The van der Waals surface area contributed by atoms with Crippen LogP contribution in [0.4, 0.5) is 5.69 Å². The summed E-state index contributed by atoms with van der Waals surface area (Å²) in [6.07, 6.45) is 1.73. The highest BCUT2D eigenvalue weighted by Crippen LogP contribution is 2.23. The number of hydrogen-bond donors (Lipinski definition) is 2. The standard InChI is InChI=1S/C23H24BrN5O2S/c1-4-12-29-21(16(3)25-22(31)17-8-6-5-7-9-17)27-28-23(29)32-14-20(30)26-18-10-11-19(24)15(2)13-18/h4-11,13,16H,1,12,14H2,2-3H3,(H,25,31)(H,26,30)/t16-/m0/s1. The summed E-state index contributed by atoms with van der Waals surface area (Å²) in [5.74, 6) is 0.442. The largest absolute Gasteiger partial charge is 0.342 e. The Kier molecular flexibility index (Phi) is 8.24. The summed E-state index contributed by atoms with van der Waals surface area (Å²) < 4.78 is 2.84. The highest BCUT2D eigenvalue weighted by molar-refractivity contribution is 9.10. The number of anilines is 1. The summed E-state index contributed by atoms with van der Waals surface area (Å²) in [7, 11) is 0. The predicted octanol–water partition coefficient (Wildman–Crippen LogP) is 4.76. The SMILES string of the molecule is C=CCn1c(SCC(=O)Nc2ccc(Br)c(C)c2)nnc1[C@H](C)NC(=O)c1ccccc1. The maximum Gasteiger partial charge on any atom is 0.251 e. The van der Waals surface area contributed by atoms with Crippen LogP contribution >= 0.6 is 27.7 Å². The molecular formula is C23H24BrN5O2S. The number of carbonyl (C=O) groups excluding carboxylic acids is 2. The number of hydrogen-bond acceptors (Lipinski definition) is 5. The minimum atomic E-state index is -0.371. The fourth-order valence-electron chi connectivity index (χ4n) is 3.01. The summed E-state index contributed by atoms with van der Waals surface area (Å²) >= 11 is 4.74. The van der Waals surface area contributed by atoms with Crippen molar-refractivity contribution in [1.82, 2.24) is 20.1 Å². The normalized spacial score (nSPS) is 11.6. The van der Waals surface area contributed by atoms with Crippen LogP contribution in [-0.4, -0.2) is 32.3 Å². The van der Waals surface area contributed by atoms with Gasteiger partial charge in [0, 0.05) is 22.3 Å². The highest BCUT2D eigenvalue weighted by Gasteiger charge is 2.20. The van der Waals surface area contributed by atoms with E-state index in [4.69, 9.17) is 0 Å². The lowest BCUT2D eigenvalue weighted by Gasteiger charge is -2.15. The quantitative estimate of drug-likeness (QED) is 0.318. The smallest absolute Gasteiger partial charge is 0.251 e. The van der Waals surface area contributed by atoms with Crippen LogP contribution in [0.5, 0.6) is 0 Å². The van der Waals surface area contributed by atoms with Crippen LogP contribution in [0, 0.1) is 6.92 Å². The molecular weight excluding hydrogens is 490 g/mol. The van der Waals surface area contributed by atoms with E-state index in [9.17, 15) is 9.59 Å². The highest BCUT2D eigenvalue weighted by atomic mass is 79.9. The molecule has 0 aliphatic rings. The first kappa shape index (κ1) is 23.7. The predicted molar refractivity (Wildman–Crippen MR) is 131 cm³/mol. The fraction of sp³-hybridized carbons (Fsp3) is 0.217. The van der Waals surface area contributed by atoms with E-state index in [1.54, 1.807) is 18.2 Å². The zero-order valence-electron chi connectivity index (χ0n) is 17.8. The number of thioether (sulfide) groups is 1. The van der Waals surface area contributed by atoms with Crippen molar-refractivity contribution in [2.24, 2.45) is 0 Å². The number of benzene rings is 2. The number of halogens is 1. The first-order valence-corrected chi connectivity index (χ1v) is 11.8. The zero-order valence-corrected chi connectivity index (χ0v) is 20.2. The number of carbonyl (C=O) groups is 2. The third-order valence-electron chi connectivity index (χ3n) is 4.60. The Morgan fingerprint density at radius 1 is 1.22 bits per heavy atom. The van der Waals surface area contributed by atoms with Gasteiger partial charge in [-0.05, 0) is 49.7 Å². The molecule has 0 fully saturated rings. The van der Waals surface area contributed by atoms with Crippen molar-refractivity contribution in [2.75, 3.05) is 11.1 Å². The van der Waals surface area contributed by atoms with Crippen molar-refractivity contribution in [3.05, 3.63) is 82.6 Å². The molecule has 2 aromatic carbocycles. The molecule has 166 valence electrons. The molecule has 3 aromatic rings. The monoisotopic (exact) mass is 513 g/mol. The van der Waals surface area contributed by atoms with Gasteiger partial charge >= 0.3 is 0 Å². The van der Waals surface area contributed by atoms with Crippen LogP contribution in [0.2, 0.25) is 0 Å². The zero-order chi connectivity index (χ0) is 23.1. The Morgan fingerprint density at radius 2 is 1.97 bits per heavy atom. The molecule has 1 heterocycles. The lowest BCUT2D eigenvalue weighted by Crippen LogP contribution is -2.28. The Bertz CT molecular complexity index is 1120. The van der Waals surface area contributed by atoms with Gasteiger partial charge < -0.3 is 15.2 Å². The lowest BCUT2D eigenvalue weighted by molar-refractivity contribution is -0.113. The molecule has 1 atom stereocenters. The minimum absolute atomic E-state index is 0.142. The average molecular weight is 514 g/mol. The van der Waals surface area contributed by atoms with E-state index in [0.717, 1.165) is 15.7 Å². The van der Waals surface area contributed by atoms with Crippen molar-refractivity contribution in [3.8, 4) is 0 Å². The summed E-state index contributed by atoms with van der Waals surface area (Å²) in [6.45, 7) is 8.07. The van der Waals surface area contributed by atoms with Crippen LogP contribution < -0.4 is 10.6 Å². The number of nitrogens with one attached hydrogen (secondary N) is 2. The first-order chi connectivity index (χ1) is 15.4. The summed E-state index contributed by atoms with van der Waals surface area (Å²) in [5, 5.41) is 14.9. The molecule has 3 rings (SSSR count). The van der Waals surface area contributed by atoms with Crippen LogP contribution in [0.1, 0.15) is 34.7 Å². The van der Waals surface area contributed by atoms with Gasteiger partial charge in [-0.3, -0.25) is 9.59 Å². The molecule has 0 saturated carbocycles. The van der Waals surface area contributed by atoms with Crippen molar-refractivity contribution >= 4 is 45.2 Å². The van der Waals surface area contributed by atoms with Gasteiger partial charge in [-0.25, -0.2) is 0 Å². The van der Waals surface area contributed by atoms with Crippen molar-refractivity contribution in [3.63, 3.8) is 0 Å². The molecule has 0 aliphatic heterocycles. The number of aryl methyl sites for hydroxylation is 1. The van der Waals surface area contributed by atoms with Crippen molar-refractivity contribution < 1.29 is 9.59 Å². The lowest BCUT2D eigenvalue weighted by atomic mass is 10.2. The van der Waals surface area contributed by atoms with Gasteiger partial charge in [0.05, 0.1) is 11.8 Å². The van der Waals surface area contributed by atoms with E-state index in [2.05, 4.69) is 43.3 Å². The number of aromatic nitrogens is 3. The molecule has 7 nitrogen and oxygen atoms in total. The third kappa shape index (κ3) is 6.08. The number of allylic oxidation sites excluding steroid dienone is 1. The Hall–Kier alpha value is -2.91. The van der Waals surface area contributed by atoms with Gasteiger partial charge in [0.1, 0.15) is 0 Å². The van der Waals surface area contributed by atoms with Gasteiger partial charge in [0.15, 0.2) is 11.0 Å². The van der Waals surface area contributed by atoms with Gasteiger partial charge in [0.2, 0.25) is 5.91 Å². The van der Waals surface area contributed by atoms with Gasteiger partial charge in [-0.2, -0.15) is 0 Å². The molecule has 2 amide bonds. The summed E-state index contributed by atoms with van der Waals surface area (Å²) in [5.41, 5.74) is 2.35. The van der Waals surface area contributed by atoms with E-state index >= 15 is 0 Å². The third-order valence-corrected chi connectivity index (χ3v) is 6.46. The molecule has 1 aromatic heterocycles.